The number of alkyl carbamates (subject to hydrolysis) is 1. The summed E-state index contributed by atoms with van der Waals surface area (Å²) >= 11 is 0. The van der Waals surface area contributed by atoms with Crippen LogP contribution in [0.25, 0.3) is 0 Å². The van der Waals surface area contributed by atoms with Crippen molar-refractivity contribution in [2.75, 3.05) is 20.2 Å². The predicted octanol–water partition coefficient (Wildman–Crippen LogP) is 3.10. The lowest BCUT2D eigenvalue weighted by Crippen LogP contribution is -2.42. The van der Waals surface area contributed by atoms with Crippen molar-refractivity contribution in [1.29, 1.82) is 0 Å². The first-order chi connectivity index (χ1) is 14.1. The fraction of sp³-hybridized carbons (Fsp3) is 0.591. The van der Waals surface area contributed by atoms with Crippen molar-refractivity contribution in [3.8, 4) is 0 Å². The highest BCUT2D eigenvalue weighted by Gasteiger charge is 2.59. The summed E-state index contributed by atoms with van der Waals surface area (Å²) in [6, 6.07) is 9.21. The molecule has 1 aliphatic carbocycles. The van der Waals surface area contributed by atoms with Gasteiger partial charge in [0.15, 0.2) is 0 Å². The maximum absolute atomic E-state index is 12.7. The normalized spacial score (nSPS) is 25.4. The topological polar surface area (TPSA) is 94.2 Å². The number of carbonyl (C=O) groups excluding carboxylic acids is 3. The third-order valence-corrected chi connectivity index (χ3v) is 5.65. The van der Waals surface area contributed by atoms with Crippen LogP contribution in [-0.2, 0) is 25.6 Å². The van der Waals surface area contributed by atoms with Crippen molar-refractivity contribution in [3.63, 3.8) is 0 Å². The molecule has 1 N–H and O–H groups in total. The van der Waals surface area contributed by atoms with Gasteiger partial charge in [-0.25, -0.2) is 9.59 Å². The Kier molecular flexibility index (Phi) is 6.24. The molecule has 30 heavy (non-hydrogen) atoms. The van der Waals surface area contributed by atoms with Gasteiger partial charge in [-0.1, -0.05) is 30.3 Å². The summed E-state index contributed by atoms with van der Waals surface area (Å²) in [5, 5.41) is 2.85. The van der Waals surface area contributed by atoms with Crippen LogP contribution in [0.15, 0.2) is 30.3 Å². The molecule has 1 saturated carbocycles. The number of ether oxygens (including phenoxy) is 3. The summed E-state index contributed by atoms with van der Waals surface area (Å²) in [6.45, 7) is 6.16. The van der Waals surface area contributed by atoms with Gasteiger partial charge in [-0.15, -0.1) is 0 Å². The largest absolute Gasteiger partial charge is 0.469 e. The molecule has 0 unspecified atom stereocenters. The van der Waals surface area contributed by atoms with E-state index in [-0.39, 0.29) is 31.1 Å². The molecule has 3 rings (SSSR count). The van der Waals surface area contributed by atoms with Gasteiger partial charge in [0.2, 0.25) is 0 Å². The monoisotopic (exact) mass is 418 g/mol. The van der Waals surface area contributed by atoms with Crippen molar-refractivity contribution >= 4 is 18.2 Å². The zero-order valence-corrected chi connectivity index (χ0v) is 18.0. The van der Waals surface area contributed by atoms with Gasteiger partial charge in [0.1, 0.15) is 12.2 Å². The first kappa shape index (κ1) is 21.9. The molecule has 1 aromatic carbocycles. The van der Waals surface area contributed by atoms with Crippen molar-refractivity contribution in [2.45, 2.75) is 51.9 Å². The number of rotatable bonds is 4. The highest BCUT2D eigenvalue weighted by atomic mass is 16.6. The van der Waals surface area contributed by atoms with Crippen LogP contribution in [0.5, 0.6) is 0 Å². The lowest BCUT2D eigenvalue weighted by atomic mass is 9.81. The number of benzene rings is 1. The molecule has 8 heteroatoms. The van der Waals surface area contributed by atoms with Crippen LogP contribution in [0.2, 0.25) is 0 Å². The highest BCUT2D eigenvalue weighted by molar-refractivity contribution is 5.81. The van der Waals surface area contributed by atoms with E-state index in [0.29, 0.717) is 19.4 Å². The van der Waals surface area contributed by atoms with Gasteiger partial charge in [0.25, 0.3) is 0 Å². The zero-order chi connectivity index (χ0) is 21.9. The Morgan fingerprint density at radius 3 is 2.53 bits per heavy atom. The van der Waals surface area contributed by atoms with Gasteiger partial charge in [0.05, 0.1) is 12.5 Å². The Hall–Kier alpha value is -2.77. The van der Waals surface area contributed by atoms with Crippen molar-refractivity contribution in [1.82, 2.24) is 10.2 Å². The minimum atomic E-state index is -0.847. The van der Waals surface area contributed by atoms with Gasteiger partial charge < -0.3 is 24.4 Å². The van der Waals surface area contributed by atoms with Crippen molar-refractivity contribution in [2.24, 2.45) is 11.3 Å². The molecule has 1 saturated heterocycles. The van der Waals surface area contributed by atoms with E-state index in [9.17, 15) is 14.4 Å². The third kappa shape index (κ3) is 4.86. The maximum Gasteiger partial charge on any atom is 0.410 e. The molecule has 2 amide bonds. The number of amides is 2. The van der Waals surface area contributed by atoms with Crippen LogP contribution >= 0.6 is 0 Å². The lowest BCUT2D eigenvalue weighted by Gasteiger charge is -2.26. The van der Waals surface area contributed by atoms with Crippen molar-refractivity contribution in [3.05, 3.63) is 35.9 Å². The van der Waals surface area contributed by atoms with Crippen LogP contribution in [0.4, 0.5) is 9.59 Å². The minimum Gasteiger partial charge on any atom is -0.469 e. The first-order valence-corrected chi connectivity index (χ1v) is 10.2. The average Bonchev–Trinajstić information content (AvgIpc) is 3.19. The van der Waals surface area contributed by atoms with E-state index in [1.165, 1.54) is 7.11 Å². The quantitative estimate of drug-likeness (QED) is 0.596. The molecule has 2 fully saturated rings. The standard InChI is InChI=1S/C22H30N2O6/c1-21(2,3)30-19(26)23-17-10-16-12-24(14-22(16,11-17)18(25)28-4)20(27)29-13-15-8-6-5-7-9-15/h5-9,16-17H,10-14H2,1-4H3,(H,23,26)/t16-,17-,22-/m0/s1. The fourth-order valence-electron chi connectivity index (χ4n) is 4.42. The van der Waals surface area contributed by atoms with E-state index < -0.39 is 23.2 Å². The Balaban J connectivity index is 1.62. The van der Waals surface area contributed by atoms with Gasteiger partial charge >= 0.3 is 18.2 Å². The number of esters is 1. The summed E-state index contributed by atoms with van der Waals surface area (Å²) in [6.07, 6.45) is 0.00265. The molecular formula is C22H30N2O6. The lowest BCUT2D eigenvalue weighted by molar-refractivity contribution is -0.153. The molecule has 164 valence electrons. The average molecular weight is 418 g/mol. The predicted molar refractivity (Wildman–Crippen MR) is 109 cm³/mol. The Morgan fingerprint density at radius 1 is 1.20 bits per heavy atom. The second kappa shape index (κ2) is 8.53. The van der Waals surface area contributed by atoms with Crippen LogP contribution in [0.1, 0.15) is 39.2 Å². The number of nitrogens with one attached hydrogen (secondary N) is 1. The molecule has 1 heterocycles. The SMILES string of the molecule is COC(=O)[C@]12C[C@@H](NC(=O)OC(C)(C)C)C[C@H]1CN(C(=O)OCc1ccccc1)C2. The Labute approximate surface area is 176 Å². The molecule has 0 bridgehead atoms. The van der Waals surface area contributed by atoms with E-state index in [1.807, 2.05) is 30.3 Å². The van der Waals surface area contributed by atoms with Gasteiger partial charge in [-0.2, -0.15) is 0 Å². The first-order valence-electron chi connectivity index (χ1n) is 10.2. The zero-order valence-electron chi connectivity index (χ0n) is 18.0. The molecular weight excluding hydrogens is 388 g/mol. The number of likely N-dealkylation sites (tertiary alicyclic amines) is 1. The van der Waals surface area contributed by atoms with Gasteiger partial charge in [-0.05, 0) is 45.1 Å². The third-order valence-electron chi connectivity index (χ3n) is 5.65. The summed E-state index contributed by atoms with van der Waals surface area (Å²) in [5.74, 6) is -0.478. The van der Waals surface area contributed by atoms with E-state index in [0.717, 1.165) is 5.56 Å². The maximum atomic E-state index is 12.7. The highest BCUT2D eigenvalue weighted by Crippen LogP contribution is 2.49. The summed E-state index contributed by atoms with van der Waals surface area (Å²) in [4.78, 5) is 39.0. The second-order valence-corrected chi connectivity index (χ2v) is 9.05. The molecule has 1 aliphatic heterocycles. The number of fused-ring (bicyclic) bond motifs is 1. The molecule has 3 atom stereocenters. The van der Waals surface area contributed by atoms with Crippen LogP contribution < -0.4 is 5.32 Å². The summed E-state index contributed by atoms with van der Waals surface area (Å²) in [5.41, 5.74) is -0.549. The van der Waals surface area contributed by atoms with E-state index in [2.05, 4.69) is 5.32 Å². The fourth-order valence-corrected chi connectivity index (χ4v) is 4.42. The van der Waals surface area contributed by atoms with Crippen LogP contribution in [0.3, 0.4) is 0 Å². The van der Waals surface area contributed by atoms with Gasteiger partial charge in [0, 0.05) is 19.1 Å². The molecule has 0 radical (unpaired) electrons. The molecule has 0 spiro atoms. The molecule has 1 aromatic rings. The summed E-state index contributed by atoms with van der Waals surface area (Å²) in [7, 11) is 1.35. The molecule has 2 aliphatic rings. The minimum absolute atomic E-state index is 0.117. The number of hydrogen-bond donors (Lipinski definition) is 1. The van der Waals surface area contributed by atoms with Gasteiger partial charge in [-0.3, -0.25) is 4.79 Å². The van der Waals surface area contributed by atoms with E-state index in [4.69, 9.17) is 14.2 Å². The van der Waals surface area contributed by atoms with E-state index >= 15 is 0 Å². The number of carbonyl (C=O) groups is 3. The molecule has 0 aromatic heterocycles. The number of nitrogens with zero attached hydrogens (tertiary/aromatic N) is 1. The van der Waals surface area contributed by atoms with Crippen LogP contribution in [-0.4, -0.2) is 54.9 Å². The van der Waals surface area contributed by atoms with Crippen LogP contribution in [0, 0.1) is 11.3 Å². The Bertz CT molecular complexity index is 791. The number of methoxy groups -OCH3 is 1. The molecule has 8 nitrogen and oxygen atoms in total. The van der Waals surface area contributed by atoms with Crippen molar-refractivity contribution < 1.29 is 28.6 Å². The number of hydrogen-bond acceptors (Lipinski definition) is 6. The van der Waals surface area contributed by atoms with E-state index in [1.54, 1.807) is 25.7 Å². The smallest absolute Gasteiger partial charge is 0.410 e. The Morgan fingerprint density at radius 2 is 1.90 bits per heavy atom. The second-order valence-electron chi connectivity index (χ2n) is 9.05. The summed E-state index contributed by atoms with van der Waals surface area (Å²) < 4.78 is 15.8.